The Bertz CT molecular complexity index is 1000. The van der Waals surface area contributed by atoms with Crippen LogP contribution in [0.2, 0.25) is 5.02 Å². The Balaban J connectivity index is 1.55. The van der Waals surface area contributed by atoms with Crippen LogP contribution in [0.15, 0.2) is 53.9 Å². The van der Waals surface area contributed by atoms with Crippen molar-refractivity contribution < 1.29 is 14.3 Å². The molecule has 7 heteroatoms. The largest absolute Gasteiger partial charge is 0.452 e. The van der Waals surface area contributed by atoms with Crippen molar-refractivity contribution in [2.75, 3.05) is 5.32 Å². The van der Waals surface area contributed by atoms with Gasteiger partial charge in [0.05, 0.1) is 12.1 Å². The predicted octanol–water partition coefficient (Wildman–Crippen LogP) is 4.88. The minimum atomic E-state index is -0.929. The van der Waals surface area contributed by atoms with Gasteiger partial charge in [0.1, 0.15) is 5.01 Å². The van der Waals surface area contributed by atoms with Gasteiger partial charge in [0.2, 0.25) is 0 Å². The van der Waals surface area contributed by atoms with Crippen LogP contribution in [-0.4, -0.2) is 23.0 Å². The van der Waals surface area contributed by atoms with Gasteiger partial charge in [-0.05, 0) is 38.1 Å². The summed E-state index contributed by atoms with van der Waals surface area (Å²) in [6.07, 6.45) is -0.918. The monoisotopic (exact) mass is 414 g/mol. The third-order valence-corrected chi connectivity index (χ3v) is 5.09. The first-order valence-electron chi connectivity index (χ1n) is 8.68. The summed E-state index contributed by atoms with van der Waals surface area (Å²) in [6, 6.07) is 14.8. The van der Waals surface area contributed by atoms with Crippen molar-refractivity contribution in [1.82, 2.24) is 4.98 Å². The summed E-state index contributed by atoms with van der Waals surface area (Å²) in [5.41, 5.74) is 3.32. The number of thiazole rings is 1. The first-order valence-corrected chi connectivity index (χ1v) is 9.94. The van der Waals surface area contributed by atoms with Crippen LogP contribution >= 0.6 is 22.9 Å². The number of rotatable bonds is 6. The van der Waals surface area contributed by atoms with E-state index in [1.807, 2.05) is 36.6 Å². The zero-order valence-electron chi connectivity index (χ0n) is 15.4. The molecule has 0 saturated carbocycles. The number of ether oxygens (including phenoxy) is 1. The van der Waals surface area contributed by atoms with E-state index in [0.717, 1.165) is 16.1 Å². The number of hydrogen-bond acceptors (Lipinski definition) is 5. The summed E-state index contributed by atoms with van der Waals surface area (Å²) in [4.78, 5) is 28.9. The highest BCUT2D eigenvalue weighted by Gasteiger charge is 2.19. The molecule has 1 N–H and O–H groups in total. The fraction of sp³-hybridized carbons (Fsp3) is 0.190. The van der Waals surface area contributed by atoms with E-state index in [1.54, 1.807) is 24.3 Å². The second-order valence-electron chi connectivity index (χ2n) is 6.32. The maximum Gasteiger partial charge on any atom is 0.312 e. The molecule has 0 aliphatic carbocycles. The molecule has 28 heavy (non-hydrogen) atoms. The van der Waals surface area contributed by atoms with E-state index in [1.165, 1.54) is 18.3 Å². The van der Waals surface area contributed by atoms with Crippen LogP contribution in [0.25, 0.3) is 10.6 Å². The van der Waals surface area contributed by atoms with Gasteiger partial charge >= 0.3 is 5.97 Å². The SMILES string of the molecule is Cc1cccc(-c2nc(CC(=O)O[C@@H](C)C(=O)Nc3cccc(Cl)c3)cs2)c1. The van der Waals surface area contributed by atoms with Crippen LogP contribution in [0.5, 0.6) is 0 Å². The number of anilines is 1. The summed E-state index contributed by atoms with van der Waals surface area (Å²) in [6.45, 7) is 3.54. The molecule has 3 aromatic rings. The lowest BCUT2D eigenvalue weighted by Crippen LogP contribution is -2.30. The molecular weight excluding hydrogens is 396 g/mol. The highest BCUT2D eigenvalue weighted by Crippen LogP contribution is 2.24. The van der Waals surface area contributed by atoms with Gasteiger partial charge in [-0.3, -0.25) is 9.59 Å². The highest BCUT2D eigenvalue weighted by atomic mass is 35.5. The Labute approximate surface area is 172 Å². The Hall–Kier alpha value is -2.70. The molecule has 0 saturated heterocycles. The molecule has 0 radical (unpaired) electrons. The van der Waals surface area contributed by atoms with E-state index in [-0.39, 0.29) is 6.42 Å². The summed E-state index contributed by atoms with van der Waals surface area (Å²) < 4.78 is 5.23. The van der Waals surface area contributed by atoms with E-state index in [2.05, 4.69) is 10.3 Å². The van der Waals surface area contributed by atoms with Crippen LogP contribution in [0.3, 0.4) is 0 Å². The Morgan fingerprint density at radius 2 is 2.00 bits per heavy atom. The zero-order chi connectivity index (χ0) is 20.1. The number of nitrogens with zero attached hydrogens (tertiary/aromatic N) is 1. The van der Waals surface area contributed by atoms with Crippen molar-refractivity contribution in [3.8, 4) is 10.6 Å². The van der Waals surface area contributed by atoms with Gasteiger partial charge in [0.15, 0.2) is 6.10 Å². The number of aryl methyl sites for hydroxylation is 1. The fourth-order valence-electron chi connectivity index (χ4n) is 2.55. The van der Waals surface area contributed by atoms with E-state index in [4.69, 9.17) is 16.3 Å². The summed E-state index contributed by atoms with van der Waals surface area (Å²) in [5, 5.41) is 5.85. The number of esters is 1. The quantitative estimate of drug-likeness (QED) is 0.583. The molecule has 1 amide bonds. The molecule has 0 aliphatic heterocycles. The standard InChI is InChI=1S/C21H19ClN2O3S/c1-13-5-3-6-15(9-13)21-24-18(12-28-21)11-19(25)27-14(2)20(26)23-17-8-4-7-16(22)10-17/h3-10,12,14H,11H2,1-2H3,(H,23,26)/t14-/m0/s1. The molecule has 0 fully saturated rings. The van der Waals surface area contributed by atoms with E-state index in [9.17, 15) is 9.59 Å². The normalized spacial score (nSPS) is 11.7. The minimum absolute atomic E-state index is 0.0110. The molecule has 1 atom stereocenters. The second kappa shape index (κ2) is 8.99. The molecule has 1 aromatic heterocycles. The lowest BCUT2D eigenvalue weighted by atomic mass is 10.1. The van der Waals surface area contributed by atoms with Gasteiger partial charge in [-0.25, -0.2) is 4.98 Å². The number of aromatic nitrogens is 1. The third-order valence-electron chi connectivity index (χ3n) is 3.91. The van der Waals surface area contributed by atoms with Gasteiger partial charge < -0.3 is 10.1 Å². The first-order chi connectivity index (χ1) is 13.4. The van der Waals surface area contributed by atoms with Gasteiger partial charge in [0.25, 0.3) is 5.91 Å². The Kier molecular flexibility index (Phi) is 6.44. The molecule has 0 aliphatic rings. The number of amides is 1. The number of carbonyl (C=O) groups excluding carboxylic acids is 2. The summed E-state index contributed by atoms with van der Waals surface area (Å²) >= 11 is 7.37. The number of benzene rings is 2. The predicted molar refractivity (Wildman–Crippen MR) is 112 cm³/mol. The minimum Gasteiger partial charge on any atom is -0.452 e. The number of hydrogen-bond donors (Lipinski definition) is 1. The van der Waals surface area contributed by atoms with Gasteiger partial charge in [-0.2, -0.15) is 0 Å². The van der Waals surface area contributed by atoms with Crippen LogP contribution in [0.4, 0.5) is 5.69 Å². The van der Waals surface area contributed by atoms with E-state index < -0.39 is 18.0 Å². The van der Waals surface area contributed by atoms with Gasteiger partial charge in [-0.1, -0.05) is 41.4 Å². The van der Waals surface area contributed by atoms with Crippen molar-refractivity contribution in [3.05, 3.63) is 70.2 Å². The molecule has 3 rings (SSSR count). The summed E-state index contributed by atoms with van der Waals surface area (Å²) in [5.74, 6) is -0.927. The highest BCUT2D eigenvalue weighted by molar-refractivity contribution is 7.13. The Morgan fingerprint density at radius 1 is 1.21 bits per heavy atom. The van der Waals surface area contributed by atoms with Gasteiger partial charge in [-0.15, -0.1) is 11.3 Å². The Morgan fingerprint density at radius 3 is 2.75 bits per heavy atom. The maximum absolute atomic E-state index is 12.2. The lowest BCUT2D eigenvalue weighted by Gasteiger charge is -2.13. The van der Waals surface area contributed by atoms with Crippen LogP contribution in [0, 0.1) is 6.92 Å². The van der Waals surface area contributed by atoms with Crippen molar-refractivity contribution in [2.24, 2.45) is 0 Å². The molecule has 5 nitrogen and oxygen atoms in total. The fourth-order valence-corrected chi connectivity index (χ4v) is 3.56. The van der Waals surface area contributed by atoms with Crippen LogP contribution in [-0.2, 0) is 20.7 Å². The van der Waals surface area contributed by atoms with E-state index in [0.29, 0.717) is 16.4 Å². The molecular formula is C21H19ClN2O3S. The van der Waals surface area contributed by atoms with Crippen molar-refractivity contribution in [3.63, 3.8) is 0 Å². The topological polar surface area (TPSA) is 68.3 Å². The molecule has 0 spiro atoms. The molecule has 1 heterocycles. The molecule has 0 bridgehead atoms. The number of carbonyl (C=O) groups is 2. The lowest BCUT2D eigenvalue weighted by molar-refractivity contribution is -0.152. The third kappa shape index (κ3) is 5.41. The maximum atomic E-state index is 12.2. The second-order valence-corrected chi connectivity index (χ2v) is 7.62. The zero-order valence-corrected chi connectivity index (χ0v) is 17.0. The molecule has 0 unspecified atom stereocenters. The van der Waals surface area contributed by atoms with Crippen molar-refractivity contribution in [1.29, 1.82) is 0 Å². The number of halogens is 1. The number of nitrogens with one attached hydrogen (secondary N) is 1. The first kappa shape index (κ1) is 20.0. The molecule has 144 valence electrons. The van der Waals surface area contributed by atoms with Crippen molar-refractivity contribution in [2.45, 2.75) is 26.4 Å². The average molecular weight is 415 g/mol. The van der Waals surface area contributed by atoms with Crippen LogP contribution in [0.1, 0.15) is 18.2 Å². The van der Waals surface area contributed by atoms with E-state index >= 15 is 0 Å². The summed E-state index contributed by atoms with van der Waals surface area (Å²) in [7, 11) is 0. The van der Waals surface area contributed by atoms with Crippen molar-refractivity contribution >= 4 is 40.5 Å². The molecule has 2 aromatic carbocycles. The van der Waals surface area contributed by atoms with Crippen LogP contribution < -0.4 is 5.32 Å². The average Bonchev–Trinajstić information content (AvgIpc) is 3.10. The smallest absolute Gasteiger partial charge is 0.312 e. The van der Waals surface area contributed by atoms with Gasteiger partial charge in [0, 0.05) is 21.7 Å².